The summed E-state index contributed by atoms with van der Waals surface area (Å²) in [6.07, 6.45) is 7.85. The summed E-state index contributed by atoms with van der Waals surface area (Å²) in [4.78, 5) is 26.8. The molecule has 0 saturated carbocycles. The molecule has 4 aromatic heterocycles. The number of halogens is 1. The van der Waals surface area contributed by atoms with Crippen molar-refractivity contribution in [1.29, 1.82) is 0 Å². The van der Waals surface area contributed by atoms with Crippen LogP contribution in [-0.2, 0) is 0 Å². The van der Waals surface area contributed by atoms with Gasteiger partial charge in [-0.15, -0.1) is 0 Å². The number of pyridine rings is 2. The minimum absolute atomic E-state index is 0.181. The van der Waals surface area contributed by atoms with E-state index in [0.717, 1.165) is 31.0 Å². The topological polar surface area (TPSA) is 58.2 Å². The molecule has 6 rings (SSSR count). The molecule has 0 aliphatic carbocycles. The third-order valence-electron chi connectivity index (χ3n) is 7.01. The van der Waals surface area contributed by atoms with E-state index in [1.165, 1.54) is 31.5 Å². The standard InChI is InChI=1S/C24H25FN6O/c1-16-12-29-13-17(10-19(25)23(29)26-16)20-11-22(32)31-14-18(4-5-21(31)27-20)28-8-9-30-7-3-6-24(30,2)15-28/h4-5,10-14H,3,6-9,15H2,1-2H3. The fourth-order valence-corrected chi connectivity index (χ4v) is 5.34. The van der Waals surface area contributed by atoms with Crippen molar-refractivity contribution in [3.8, 4) is 11.3 Å². The van der Waals surface area contributed by atoms with Gasteiger partial charge < -0.3 is 9.30 Å². The van der Waals surface area contributed by atoms with E-state index in [4.69, 9.17) is 0 Å². The highest BCUT2D eigenvalue weighted by Crippen LogP contribution is 2.34. The number of fused-ring (bicyclic) bond motifs is 3. The molecule has 1 unspecified atom stereocenters. The lowest BCUT2D eigenvalue weighted by molar-refractivity contribution is 0.138. The highest BCUT2D eigenvalue weighted by molar-refractivity contribution is 5.64. The maximum atomic E-state index is 14.5. The maximum Gasteiger partial charge on any atom is 0.258 e. The number of imidazole rings is 1. The predicted octanol–water partition coefficient (Wildman–Crippen LogP) is 3.13. The molecule has 2 aliphatic rings. The van der Waals surface area contributed by atoms with Crippen molar-refractivity contribution in [3.63, 3.8) is 0 Å². The lowest BCUT2D eigenvalue weighted by Gasteiger charge is -2.46. The maximum absolute atomic E-state index is 14.5. The summed E-state index contributed by atoms with van der Waals surface area (Å²) in [6.45, 7) is 8.29. The zero-order valence-corrected chi connectivity index (χ0v) is 18.3. The largest absolute Gasteiger partial charge is 0.367 e. The van der Waals surface area contributed by atoms with Crippen molar-refractivity contribution in [2.75, 3.05) is 31.1 Å². The number of aromatic nitrogens is 4. The quantitative estimate of drug-likeness (QED) is 0.487. The Kier molecular flexibility index (Phi) is 4.17. The molecule has 2 fully saturated rings. The van der Waals surface area contributed by atoms with E-state index in [9.17, 15) is 9.18 Å². The van der Waals surface area contributed by atoms with E-state index >= 15 is 0 Å². The highest BCUT2D eigenvalue weighted by atomic mass is 19.1. The third kappa shape index (κ3) is 3.01. The van der Waals surface area contributed by atoms with Gasteiger partial charge in [-0.25, -0.2) is 14.4 Å². The van der Waals surface area contributed by atoms with Crippen LogP contribution in [0.25, 0.3) is 22.6 Å². The van der Waals surface area contributed by atoms with Gasteiger partial charge >= 0.3 is 0 Å². The molecule has 164 valence electrons. The zero-order chi connectivity index (χ0) is 22.0. The Morgan fingerprint density at radius 2 is 1.94 bits per heavy atom. The van der Waals surface area contributed by atoms with Crippen LogP contribution in [0.4, 0.5) is 10.1 Å². The van der Waals surface area contributed by atoms with Crippen molar-refractivity contribution in [2.24, 2.45) is 0 Å². The van der Waals surface area contributed by atoms with Gasteiger partial charge in [-0.1, -0.05) is 0 Å². The van der Waals surface area contributed by atoms with Gasteiger partial charge in [0.25, 0.3) is 5.56 Å². The van der Waals surface area contributed by atoms with Crippen LogP contribution in [0.1, 0.15) is 25.5 Å². The molecule has 0 radical (unpaired) electrons. The molecule has 4 aromatic rings. The normalized spacial score (nSPS) is 21.5. The van der Waals surface area contributed by atoms with Crippen LogP contribution in [0.2, 0.25) is 0 Å². The van der Waals surface area contributed by atoms with Gasteiger partial charge in [0.2, 0.25) is 0 Å². The van der Waals surface area contributed by atoms with E-state index in [1.54, 1.807) is 21.2 Å². The van der Waals surface area contributed by atoms with E-state index < -0.39 is 5.82 Å². The molecular formula is C24H25FN6O. The molecule has 6 heterocycles. The predicted molar refractivity (Wildman–Crippen MR) is 122 cm³/mol. The summed E-state index contributed by atoms with van der Waals surface area (Å²) in [5.74, 6) is -0.438. The number of hydrogen-bond donors (Lipinski definition) is 0. The van der Waals surface area contributed by atoms with Crippen LogP contribution in [0.15, 0.2) is 47.7 Å². The van der Waals surface area contributed by atoms with Crippen LogP contribution < -0.4 is 10.5 Å². The van der Waals surface area contributed by atoms with Gasteiger partial charge in [0.1, 0.15) is 5.65 Å². The second kappa shape index (κ2) is 6.87. The second-order valence-corrected chi connectivity index (χ2v) is 9.29. The van der Waals surface area contributed by atoms with Crippen LogP contribution >= 0.6 is 0 Å². The summed E-state index contributed by atoms with van der Waals surface area (Å²) >= 11 is 0. The van der Waals surface area contributed by atoms with Gasteiger partial charge in [0.05, 0.1) is 17.1 Å². The molecule has 0 bridgehead atoms. The minimum atomic E-state index is -0.438. The summed E-state index contributed by atoms with van der Waals surface area (Å²) in [6, 6.07) is 6.76. The van der Waals surface area contributed by atoms with Gasteiger partial charge in [0, 0.05) is 55.4 Å². The molecule has 0 spiro atoms. The van der Waals surface area contributed by atoms with Crippen LogP contribution in [0, 0.1) is 12.7 Å². The Labute approximate surface area is 184 Å². The summed E-state index contributed by atoms with van der Waals surface area (Å²) in [5.41, 5.74) is 3.59. The Balaban J connectivity index is 1.38. The Morgan fingerprint density at radius 1 is 1.06 bits per heavy atom. The number of piperazine rings is 1. The first-order valence-corrected chi connectivity index (χ1v) is 11.1. The van der Waals surface area contributed by atoms with Gasteiger partial charge in [-0.2, -0.15) is 0 Å². The lowest BCUT2D eigenvalue weighted by atomic mass is 9.95. The van der Waals surface area contributed by atoms with Crippen molar-refractivity contribution < 1.29 is 4.39 Å². The first-order chi connectivity index (χ1) is 15.4. The van der Waals surface area contributed by atoms with E-state index in [0.29, 0.717) is 16.9 Å². The van der Waals surface area contributed by atoms with Gasteiger partial charge in [-0.05, 0) is 51.4 Å². The smallest absolute Gasteiger partial charge is 0.258 e. The molecule has 2 saturated heterocycles. The van der Waals surface area contributed by atoms with E-state index in [2.05, 4.69) is 26.7 Å². The van der Waals surface area contributed by atoms with E-state index in [-0.39, 0.29) is 16.7 Å². The highest BCUT2D eigenvalue weighted by Gasteiger charge is 2.41. The minimum Gasteiger partial charge on any atom is -0.367 e. The third-order valence-corrected chi connectivity index (χ3v) is 7.01. The van der Waals surface area contributed by atoms with Crippen molar-refractivity contribution in [3.05, 3.63) is 64.7 Å². The number of aryl methyl sites for hydroxylation is 1. The average Bonchev–Trinajstić information content (AvgIpc) is 3.34. The molecule has 0 N–H and O–H groups in total. The lowest BCUT2D eigenvalue weighted by Crippen LogP contribution is -2.57. The molecule has 0 amide bonds. The van der Waals surface area contributed by atoms with Crippen LogP contribution in [0.3, 0.4) is 0 Å². The van der Waals surface area contributed by atoms with Crippen molar-refractivity contribution in [1.82, 2.24) is 23.7 Å². The monoisotopic (exact) mass is 432 g/mol. The van der Waals surface area contributed by atoms with Crippen LogP contribution in [0.5, 0.6) is 0 Å². The molecule has 8 heteroatoms. The molecule has 32 heavy (non-hydrogen) atoms. The average molecular weight is 433 g/mol. The second-order valence-electron chi connectivity index (χ2n) is 9.29. The fourth-order valence-electron chi connectivity index (χ4n) is 5.34. The Morgan fingerprint density at radius 3 is 2.81 bits per heavy atom. The first kappa shape index (κ1) is 19.4. The van der Waals surface area contributed by atoms with Gasteiger partial charge in [-0.3, -0.25) is 14.1 Å². The first-order valence-electron chi connectivity index (χ1n) is 11.1. The summed E-state index contributed by atoms with van der Waals surface area (Å²) in [7, 11) is 0. The molecule has 1 atom stereocenters. The van der Waals surface area contributed by atoms with Crippen LogP contribution in [-0.4, -0.2) is 55.4 Å². The van der Waals surface area contributed by atoms with Crippen molar-refractivity contribution >= 4 is 17.0 Å². The molecular weight excluding hydrogens is 407 g/mol. The summed E-state index contributed by atoms with van der Waals surface area (Å²) in [5, 5.41) is 0. The Bertz CT molecular complexity index is 1430. The molecule has 2 aliphatic heterocycles. The Hall–Kier alpha value is -3.26. The summed E-state index contributed by atoms with van der Waals surface area (Å²) < 4.78 is 17.8. The van der Waals surface area contributed by atoms with Gasteiger partial charge in [0.15, 0.2) is 11.5 Å². The molecule has 7 nitrogen and oxygen atoms in total. The molecule has 0 aromatic carbocycles. The number of rotatable bonds is 2. The number of nitrogens with zero attached hydrogens (tertiary/aromatic N) is 6. The number of anilines is 1. The zero-order valence-electron chi connectivity index (χ0n) is 18.3. The SMILES string of the molecule is Cc1cn2cc(-c3cc(=O)n4cc(N5CCN6CCCC6(C)C5)ccc4n3)cc(F)c2n1. The fraction of sp³-hybridized carbons (Fsp3) is 0.375. The number of hydrogen-bond acceptors (Lipinski definition) is 5. The van der Waals surface area contributed by atoms with E-state index in [1.807, 2.05) is 25.3 Å². The van der Waals surface area contributed by atoms with Crippen molar-refractivity contribution in [2.45, 2.75) is 32.2 Å².